The van der Waals surface area contributed by atoms with Crippen LogP contribution in [0.1, 0.15) is 24.3 Å². The van der Waals surface area contributed by atoms with Crippen molar-refractivity contribution in [2.75, 3.05) is 19.6 Å². The lowest BCUT2D eigenvalue weighted by atomic mass is 10.1. The molecule has 2 unspecified atom stereocenters. The molecule has 6 heteroatoms. The molecule has 0 aliphatic carbocycles. The van der Waals surface area contributed by atoms with Gasteiger partial charge < -0.3 is 15.3 Å². The summed E-state index contributed by atoms with van der Waals surface area (Å²) in [6.45, 7) is 3.18. The van der Waals surface area contributed by atoms with E-state index in [2.05, 4.69) is 5.32 Å². The number of hydrogen-bond acceptors (Lipinski definition) is 4. The topological polar surface area (TPSA) is 69.6 Å². The van der Waals surface area contributed by atoms with Crippen molar-refractivity contribution >= 4 is 33.2 Å². The lowest BCUT2D eigenvalue weighted by Gasteiger charge is -2.15. The van der Waals surface area contributed by atoms with Crippen LogP contribution in [0.4, 0.5) is 0 Å². The van der Waals surface area contributed by atoms with E-state index in [0.717, 1.165) is 15.0 Å². The number of hydrogen-bond donors (Lipinski definition) is 2. The summed E-state index contributed by atoms with van der Waals surface area (Å²) in [5.74, 6) is -0.441. The first-order valence-electron chi connectivity index (χ1n) is 7.80. The van der Waals surface area contributed by atoms with Gasteiger partial charge in [-0.05, 0) is 24.4 Å². The molecular weight excluding hydrogens is 312 g/mol. The van der Waals surface area contributed by atoms with Gasteiger partial charge in [0.15, 0.2) is 0 Å². The fraction of sp³-hybridized carbons (Fsp3) is 0.412. The largest absolute Gasteiger partial charge is 0.386 e. The van der Waals surface area contributed by atoms with Crippen molar-refractivity contribution in [3.63, 3.8) is 0 Å². The summed E-state index contributed by atoms with van der Waals surface area (Å²) in [6, 6.07) is 9.90. The second-order valence-corrected chi connectivity index (χ2v) is 6.90. The monoisotopic (exact) mass is 332 g/mol. The lowest BCUT2D eigenvalue weighted by Crippen LogP contribution is -2.35. The third kappa shape index (κ3) is 3.38. The van der Waals surface area contributed by atoms with Crippen molar-refractivity contribution in [2.24, 2.45) is 5.92 Å². The molecule has 2 aromatic rings. The zero-order valence-electron chi connectivity index (χ0n) is 13.0. The molecule has 2 amide bonds. The number of fused-ring (bicyclic) bond motifs is 1. The van der Waals surface area contributed by atoms with Gasteiger partial charge in [-0.2, -0.15) is 0 Å². The number of aliphatic hydroxyl groups is 1. The maximum Gasteiger partial charge on any atom is 0.225 e. The third-order valence-corrected chi connectivity index (χ3v) is 5.43. The summed E-state index contributed by atoms with van der Waals surface area (Å²) in [5, 5.41) is 14.1. The van der Waals surface area contributed by atoms with Crippen LogP contribution in [0.2, 0.25) is 0 Å². The first-order valence-corrected chi connectivity index (χ1v) is 8.62. The van der Waals surface area contributed by atoms with Crippen molar-refractivity contribution in [1.29, 1.82) is 0 Å². The van der Waals surface area contributed by atoms with E-state index < -0.39 is 6.10 Å². The summed E-state index contributed by atoms with van der Waals surface area (Å²) < 4.78 is 1.12. The van der Waals surface area contributed by atoms with Gasteiger partial charge in [0, 0.05) is 35.6 Å². The summed E-state index contributed by atoms with van der Waals surface area (Å²) in [5.41, 5.74) is 0. The van der Waals surface area contributed by atoms with Gasteiger partial charge in [0.05, 0.1) is 5.92 Å². The second kappa shape index (κ2) is 6.68. The molecule has 3 rings (SSSR count). The number of carbonyl (C=O) groups is 2. The molecule has 1 saturated heterocycles. The van der Waals surface area contributed by atoms with Gasteiger partial charge in [-0.1, -0.05) is 18.2 Å². The predicted octanol–water partition coefficient (Wildman–Crippen LogP) is 1.92. The number of thiophene rings is 1. The van der Waals surface area contributed by atoms with Crippen molar-refractivity contribution in [2.45, 2.75) is 19.4 Å². The normalized spacial score (nSPS) is 19.3. The van der Waals surface area contributed by atoms with Crippen LogP contribution in [-0.4, -0.2) is 41.5 Å². The van der Waals surface area contributed by atoms with E-state index in [-0.39, 0.29) is 30.7 Å². The van der Waals surface area contributed by atoms with Crippen LogP contribution < -0.4 is 5.32 Å². The number of aliphatic hydroxyl groups excluding tert-OH is 1. The minimum absolute atomic E-state index is 0.0257. The van der Waals surface area contributed by atoms with E-state index >= 15 is 0 Å². The highest BCUT2D eigenvalue weighted by atomic mass is 32.1. The van der Waals surface area contributed by atoms with Crippen LogP contribution in [-0.2, 0) is 9.59 Å². The molecule has 2 heterocycles. The maximum atomic E-state index is 12.2. The molecule has 122 valence electrons. The Kier molecular flexibility index (Phi) is 4.63. The predicted molar refractivity (Wildman–Crippen MR) is 90.2 cm³/mol. The molecule has 0 saturated carbocycles. The number of nitrogens with zero attached hydrogens (tertiary/aromatic N) is 1. The van der Waals surface area contributed by atoms with E-state index in [4.69, 9.17) is 0 Å². The SMILES string of the molecule is CCN1CC(C(=O)NCC(O)c2cc3ccccc3s2)CC1=O. The fourth-order valence-corrected chi connectivity index (χ4v) is 3.91. The minimum atomic E-state index is -0.726. The number of carbonyl (C=O) groups excluding carboxylic acids is 2. The molecule has 1 fully saturated rings. The first-order chi connectivity index (χ1) is 11.1. The number of amides is 2. The highest BCUT2D eigenvalue weighted by molar-refractivity contribution is 7.19. The summed E-state index contributed by atoms with van der Waals surface area (Å²) in [7, 11) is 0. The van der Waals surface area contributed by atoms with E-state index in [0.29, 0.717) is 13.1 Å². The van der Waals surface area contributed by atoms with Gasteiger partial charge >= 0.3 is 0 Å². The van der Waals surface area contributed by atoms with Gasteiger partial charge in [-0.3, -0.25) is 9.59 Å². The van der Waals surface area contributed by atoms with E-state index in [1.807, 2.05) is 37.3 Å². The van der Waals surface area contributed by atoms with Crippen molar-refractivity contribution in [1.82, 2.24) is 10.2 Å². The highest BCUT2D eigenvalue weighted by Gasteiger charge is 2.33. The molecule has 1 aromatic heterocycles. The van der Waals surface area contributed by atoms with Gasteiger partial charge in [-0.25, -0.2) is 0 Å². The van der Waals surface area contributed by atoms with Gasteiger partial charge in [0.2, 0.25) is 11.8 Å². The average Bonchev–Trinajstić information content (AvgIpc) is 3.15. The molecule has 1 aromatic carbocycles. The maximum absolute atomic E-state index is 12.2. The van der Waals surface area contributed by atoms with Crippen molar-refractivity contribution in [3.05, 3.63) is 35.2 Å². The quantitative estimate of drug-likeness (QED) is 0.879. The Bertz CT molecular complexity index is 694. The summed E-state index contributed by atoms with van der Waals surface area (Å²) in [6.07, 6.45) is -0.464. The van der Waals surface area contributed by atoms with Gasteiger partial charge in [0.1, 0.15) is 6.10 Å². The van der Waals surface area contributed by atoms with Gasteiger partial charge in [0.25, 0.3) is 0 Å². The molecule has 23 heavy (non-hydrogen) atoms. The highest BCUT2D eigenvalue weighted by Crippen LogP contribution is 2.29. The number of rotatable bonds is 5. The Labute approximate surface area is 138 Å². The van der Waals surface area contributed by atoms with E-state index in [9.17, 15) is 14.7 Å². The van der Waals surface area contributed by atoms with Crippen LogP contribution in [0.15, 0.2) is 30.3 Å². The van der Waals surface area contributed by atoms with Crippen molar-refractivity contribution in [3.8, 4) is 0 Å². The Hall–Kier alpha value is -1.92. The molecule has 1 aliphatic heterocycles. The zero-order chi connectivity index (χ0) is 16.4. The van der Waals surface area contributed by atoms with Crippen LogP contribution in [0.25, 0.3) is 10.1 Å². The smallest absolute Gasteiger partial charge is 0.225 e. The average molecular weight is 332 g/mol. The molecule has 2 atom stereocenters. The zero-order valence-corrected chi connectivity index (χ0v) is 13.8. The first kappa shape index (κ1) is 16.0. The number of nitrogens with one attached hydrogen (secondary N) is 1. The van der Waals surface area contributed by atoms with E-state index in [1.54, 1.807) is 4.90 Å². The van der Waals surface area contributed by atoms with Crippen LogP contribution >= 0.6 is 11.3 Å². The van der Waals surface area contributed by atoms with Crippen LogP contribution in [0.3, 0.4) is 0 Å². The second-order valence-electron chi connectivity index (χ2n) is 5.78. The third-order valence-electron chi connectivity index (χ3n) is 4.21. The minimum Gasteiger partial charge on any atom is -0.386 e. The number of likely N-dealkylation sites (tertiary alicyclic amines) is 1. The van der Waals surface area contributed by atoms with Crippen LogP contribution in [0.5, 0.6) is 0 Å². The molecule has 2 N–H and O–H groups in total. The van der Waals surface area contributed by atoms with Crippen LogP contribution in [0, 0.1) is 5.92 Å². The van der Waals surface area contributed by atoms with Gasteiger partial charge in [-0.15, -0.1) is 11.3 Å². The Morgan fingerprint density at radius 2 is 2.26 bits per heavy atom. The van der Waals surface area contributed by atoms with E-state index in [1.165, 1.54) is 11.3 Å². The lowest BCUT2D eigenvalue weighted by molar-refractivity contribution is -0.129. The summed E-state index contributed by atoms with van der Waals surface area (Å²) in [4.78, 5) is 26.4. The summed E-state index contributed by atoms with van der Waals surface area (Å²) >= 11 is 1.53. The Balaban J connectivity index is 1.57. The molecule has 5 nitrogen and oxygen atoms in total. The Morgan fingerprint density at radius 1 is 1.48 bits per heavy atom. The fourth-order valence-electron chi connectivity index (χ4n) is 2.86. The Morgan fingerprint density at radius 3 is 2.96 bits per heavy atom. The number of benzene rings is 1. The van der Waals surface area contributed by atoms with Crippen molar-refractivity contribution < 1.29 is 14.7 Å². The molecule has 0 bridgehead atoms. The molecule has 0 spiro atoms. The molecular formula is C17H20N2O3S. The molecule has 1 aliphatic rings. The molecule has 0 radical (unpaired) electrons. The standard InChI is InChI=1S/C17H20N2O3S/c1-2-19-10-12(8-16(19)21)17(22)18-9-13(20)15-7-11-5-3-4-6-14(11)23-15/h3-7,12-13,20H,2,8-10H2,1H3,(H,18,22).